The molecule has 0 amide bonds. The summed E-state index contributed by atoms with van der Waals surface area (Å²) in [6.07, 6.45) is 4.35. The van der Waals surface area contributed by atoms with Gasteiger partial charge in [0.15, 0.2) is 5.13 Å². The molecule has 3 atom stereocenters. The van der Waals surface area contributed by atoms with Crippen LogP contribution in [0.1, 0.15) is 53.3 Å². The van der Waals surface area contributed by atoms with E-state index < -0.39 is 5.97 Å². The number of rotatable bonds is 7. The van der Waals surface area contributed by atoms with E-state index in [2.05, 4.69) is 15.2 Å². The van der Waals surface area contributed by atoms with Crippen LogP contribution in [0, 0.1) is 5.92 Å². The van der Waals surface area contributed by atoms with E-state index >= 15 is 0 Å². The maximum Gasteiger partial charge on any atom is 0.335 e. The first-order valence-electron chi connectivity index (χ1n) is 12.4. The SMILES string of the molecule is O=C(O)c1ccc2nc(N3CC4CC3CC4OCc3c(C4CC4)nnn3-c3c(Cl)cccc3Cl)sc2c1. The number of halogens is 2. The van der Waals surface area contributed by atoms with Crippen molar-refractivity contribution < 1.29 is 14.6 Å². The number of nitrogens with zero attached hydrogens (tertiary/aromatic N) is 5. The Morgan fingerprint density at radius 3 is 2.68 bits per heavy atom. The Bertz CT molecular complexity index is 1510. The normalized spacial score (nSPS) is 22.9. The number of hydrogen-bond donors (Lipinski definition) is 1. The van der Waals surface area contributed by atoms with Gasteiger partial charge in [0.25, 0.3) is 0 Å². The highest BCUT2D eigenvalue weighted by atomic mass is 35.5. The summed E-state index contributed by atoms with van der Waals surface area (Å²) in [6, 6.07) is 10.9. The second kappa shape index (κ2) is 8.94. The van der Waals surface area contributed by atoms with E-state index in [4.69, 9.17) is 32.9 Å². The number of carboxylic acid groups (broad SMARTS) is 1. The molecule has 3 aliphatic rings. The Labute approximate surface area is 226 Å². The lowest BCUT2D eigenvalue weighted by atomic mass is 10.1. The summed E-state index contributed by atoms with van der Waals surface area (Å²) in [5, 5.41) is 20.2. The van der Waals surface area contributed by atoms with Gasteiger partial charge < -0.3 is 14.7 Å². The summed E-state index contributed by atoms with van der Waals surface area (Å²) in [4.78, 5) is 18.5. The van der Waals surface area contributed by atoms with Gasteiger partial charge in [-0.25, -0.2) is 14.5 Å². The summed E-state index contributed by atoms with van der Waals surface area (Å²) in [6.45, 7) is 1.29. The molecule has 1 N–H and O–H groups in total. The number of ether oxygens (including phenoxy) is 1. The van der Waals surface area contributed by atoms with Crippen molar-refractivity contribution in [2.75, 3.05) is 11.4 Å². The minimum atomic E-state index is -0.921. The minimum absolute atomic E-state index is 0.145. The van der Waals surface area contributed by atoms with Gasteiger partial charge in [0, 0.05) is 24.4 Å². The van der Waals surface area contributed by atoms with Crippen LogP contribution < -0.4 is 4.90 Å². The van der Waals surface area contributed by atoms with Crippen molar-refractivity contribution in [2.45, 2.75) is 50.4 Å². The molecular formula is C26H23Cl2N5O3S. The molecule has 3 fully saturated rings. The smallest absolute Gasteiger partial charge is 0.335 e. The van der Waals surface area contributed by atoms with E-state index in [9.17, 15) is 9.90 Å². The molecule has 0 spiro atoms. The molecule has 2 saturated carbocycles. The Kier molecular flexibility index (Phi) is 5.65. The molecule has 3 unspecified atom stereocenters. The van der Waals surface area contributed by atoms with E-state index in [0.29, 0.717) is 40.2 Å². The molecule has 1 aliphatic heterocycles. The van der Waals surface area contributed by atoms with Crippen molar-refractivity contribution in [3.63, 3.8) is 0 Å². The first-order chi connectivity index (χ1) is 18.0. The molecular weight excluding hydrogens is 533 g/mol. The highest BCUT2D eigenvalue weighted by Gasteiger charge is 2.46. The van der Waals surface area contributed by atoms with Crippen molar-refractivity contribution in [1.29, 1.82) is 0 Å². The number of carbonyl (C=O) groups is 1. The van der Waals surface area contributed by atoms with Gasteiger partial charge in [0.05, 0.1) is 49.9 Å². The maximum atomic E-state index is 11.3. The third-order valence-electron chi connectivity index (χ3n) is 7.69. The molecule has 2 aliphatic carbocycles. The number of piperidine rings is 1. The van der Waals surface area contributed by atoms with Crippen molar-refractivity contribution in [3.05, 3.63) is 63.4 Å². The third-order valence-corrected chi connectivity index (χ3v) is 9.35. The molecule has 37 heavy (non-hydrogen) atoms. The third kappa shape index (κ3) is 4.09. The lowest BCUT2D eigenvalue weighted by Gasteiger charge is -2.31. The highest BCUT2D eigenvalue weighted by Crippen LogP contribution is 2.45. The number of fused-ring (bicyclic) bond motifs is 3. The largest absolute Gasteiger partial charge is 0.478 e. The molecule has 2 bridgehead atoms. The van der Waals surface area contributed by atoms with Gasteiger partial charge in [0.1, 0.15) is 5.69 Å². The van der Waals surface area contributed by atoms with E-state index in [0.717, 1.165) is 59.0 Å². The zero-order valence-electron chi connectivity index (χ0n) is 19.7. The molecule has 3 heterocycles. The molecule has 7 rings (SSSR count). The zero-order valence-corrected chi connectivity index (χ0v) is 22.0. The average molecular weight is 556 g/mol. The lowest BCUT2D eigenvalue weighted by Crippen LogP contribution is -2.38. The summed E-state index contributed by atoms with van der Waals surface area (Å²) in [5.41, 5.74) is 3.68. The average Bonchev–Trinajstić information content (AvgIpc) is 3.21. The Morgan fingerprint density at radius 2 is 1.97 bits per heavy atom. The van der Waals surface area contributed by atoms with Crippen LogP contribution in [0.15, 0.2) is 36.4 Å². The van der Waals surface area contributed by atoms with E-state index in [-0.39, 0.29) is 11.7 Å². The van der Waals surface area contributed by atoms with Crippen LogP contribution in [0.5, 0.6) is 0 Å². The van der Waals surface area contributed by atoms with E-state index in [1.165, 1.54) is 0 Å². The molecule has 11 heteroatoms. The summed E-state index contributed by atoms with van der Waals surface area (Å²) < 4.78 is 9.19. The van der Waals surface area contributed by atoms with Crippen molar-refractivity contribution in [1.82, 2.24) is 20.0 Å². The Morgan fingerprint density at radius 1 is 1.16 bits per heavy atom. The number of anilines is 1. The first kappa shape index (κ1) is 23.4. The van der Waals surface area contributed by atoms with Crippen LogP contribution in [0.3, 0.4) is 0 Å². The summed E-state index contributed by atoms with van der Waals surface area (Å²) in [7, 11) is 0. The molecule has 2 aromatic heterocycles. The van der Waals surface area contributed by atoms with Gasteiger partial charge in [0.2, 0.25) is 0 Å². The number of aromatic carboxylic acids is 1. The second-order valence-electron chi connectivity index (χ2n) is 10.0. The Hall–Kier alpha value is -2.72. The number of carboxylic acids is 1. The van der Waals surface area contributed by atoms with Gasteiger partial charge in [-0.05, 0) is 56.0 Å². The molecule has 8 nitrogen and oxygen atoms in total. The van der Waals surface area contributed by atoms with Crippen LogP contribution >= 0.6 is 34.5 Å². The fourth-order valence-electron chi connectivity index (χ4n) is 5.69. The fourth-order valence-corrected chi connectivity index (χ4v) is 7.34. The van der Waals surface area contributed by atoms with Crippen LogP contribution in [0.25, 0.3) is 15.9 Å². The van der Waals surface area contributed by atoms with Gasteiger partial charge >= 0.3 is 5.97 Å². The highest BCUT2D eigenvalue weighted by molar-refractivity contribution is 7.22. The van der Waals surface area contributed by atoms with E-state index in [1.807, 2.05) is 6.07 Å². The number of thiazole rings is 1. The van der Waals surface area contributed by atoms with E-state index in [1.54, 1.807) is 46.4 Å². The number of aromatic nitrogens is 4. The minimum Gasteiger partial charge on any atom is -0.478 e. The standard InChI is InChI=1S/C26H23Cl2N5O3S/c27-17-2-1-3-18(28)24(17)33-20(23(30-31-33)13-4-5-13)12-36-21-10-16-8-15(21)11-32(16)26-29-19-7-6-14(25(34)35)9-22(19)37-26/h1-3,6-7,9,13,15-16,21H,4-5,8,10-12H2,(H,34,35). The lowest BCUT2D eigenvalue weighted by molar-refractivity contribution is 0.00991. The number of hydrogen-bond acceptors (Lipinski definition) is 7. The molecule has 0 radical (unpaired) electrons. The first-order valence-corrected chi connectivity index (χ1v) is 13.9. The van der Waals surface area contributed by atoms with Crippen molar-refractivity contribution in [3.8, 4) is 5.69 Å². The van der Waals surface area contributed by atoms with Crippen LogP contribution in [0.2, 0.25) is 10.0 Å². The van der Waals surface area contributed by atoms with Crippen LogP contribution in [-0.4, -0.2) is 49.7 Å². The van der Waals surface area contributed by atoms with Gasteiger partial charge in [-0.3, -0.25) is 0 Å². The fraction of sp³-hybridized carbons (Fsp3) is 0.385. The number of benzene rings is 2. The van der Waals surface area contributed by atoms with Gasteiger partial charge in [-0.15, -0.1) is 5.10 Å². The summed E-state index contributed by atoms with van der Waals surface area (Å²) >= 11 is 14.5. The van der Waals surface area contributed by atoms with Gasteiger partial charge in [-0.1, -0.05) is 45.8 Å². The van der Waals surface area contributed by atoms with Crippen molar-refractivity contribution in [2.24, 2.45) is 5.92 Å². The van der Waals surface area contributed by atoms with Gasteiger partial charge in [-0.2, -0.15) is 0 Å². The number of para-hydroxylation sites is 1. The summed E-state index contributed by atoms with van der Waals surface area (Å²) in [5.74, 6) is -0.0933. The molecule has 2 aromatic carbocycles. The predicted octanol–water partition coefficient (Wildman–Crippen LogP) is 5.94. The monoisotopic (exact) mass is 555 g/mol. The molecule has 1 saturated heterocycles. The maximum absolute atomic E-state index is 11.3. The topological polar surface area (TPSA) is 93.4 Å². The second-order valence-corrected chi connectivity index (χ2v) is 11.9. The quantitative estimate of drug-likeness (QED) is 0.301. The molecule has 4 aromatic rings. The molecule has 190 valence electrons. The van der Waals surface area contributed by atoms with Crippen molar-refractivity contribution >= 4 is 55.9 Å². The Balaban J connectivity index is 1.08. The van der Waals surface area contributed by atoms with Crippen LogP contribution in [0.4, 0.5) is 5.13 Å². The predicted molar refractivity (Wildman–Crippen MR) is 142 cm³/mol. The zero-order chi connectivity index (χ0) is 25.3. The van der Waals surface area contributed by atoms with Crippen LogP contribution in [-0.2, 0) is 11.3 Å².